The maximum Gasteiger partial charge on any atom is 0.224 e. The summed E-state index contributed by atoms with van der Waals surface area (Å²) in [6, 6.07) is 1.95. The minimum atomic E-state index is -0.784. The second-order valence-corrected chi connectivity index (χ2v) is 5.89. The fraction of sp³-hybridized carbons (Fsp3) is 0.417. The van der Waals surface area contributed by atoms with Gasteiger partial charge in [-0.05, 0) is 27.4 Å². The van der Waals surface area contributed by atoms with Gasteiger partial charge in [0.2, 0.25) is 5.91 Å². The van der Waals surface area contributed by atoms with Crippen molar-refractivity contribution in [3.63, 3.8) is 0 Å². The minimum absolute atomic E-state index is 0.0208. The first kappa shape index (κ1) is 14.1. The molecular formula is C12H14BrF2NO. The van der Waals surface area contributed by atoms with Gasteiger partial charge >= 0.3 is 0 Å². The van der Waals surface area contributed by atoms with E-state index >= 15 is 0 Å². The molecule has 0 unspecified atom stereocenters. The van der Waals surface area contributed by atoms with E-state index in [1.54, 1.807) is 0 Å². The Morgan fingerprint density at radius 1 is 1.29 bits per heavy atom. The normalized spacial score (nSPS) is 11.4. The van der Waals surface area contributed by atoms with Crippen molar-refractivity contribution in [2.24, 2.45) is 5.41 Å². The molecule has 0 atom stereocenters. The number of anilines is 1. The number of carbonyl (C=O) groups excluding carboxylic acids is 1. The van der Waals surface area contributed by atoms with Crippen molar-refractivity contribution in [1.82, 2.24) is 0 Å². The molecule has 1 aromatic carbocycles. The number of rotatable bonds is 2. The van der Waals surface area contributed by atoms with E-state index in [9.17, 15) is 13.6 Å². The summed E-state index contributed by atoms with van der Waals surface area (Å²) in [4.78, 5) is 11.6. The topological polar surface area (TPSA) is 29.1 Å². The van der Waals surface area contributed by atoms with Gasteiger partial charge < -0.3 is 5.32 Å². The van der Waals surface area contributed by atoms with Gasteiger partial charge in [0, 0.05) is 12.5 Å². The molecule has 0 radical (unpaired) electrons. The largest absolute Gasteiger partial charge is 0.324 e. The molecule has 0 aliphatic carbocycles. The lowest BCUT2D eigenvalue weighted by Crippen LogP contribution is -2.20. The second-order valence-electron chi connectivity index (χ2n) is 5.03. The minimum Gasteiger partial charge on any atom is -0.324 e. The molecule has 1 amide bonds. The molecule has 1 rings (SSSR count). The predicted octanol–water partition coefficient (Wildman–Crippen LogP) is 4.10. The predicted molar refractivity (Wildman–Crippen MR) is 66.8 cm³/mol. The van der Waals surface area contributed by atoms with Crippen LogP contribution >= 0.6 is 15.9 Å². The molecule has 0 aliphatic heterocycles. The number of nitrogens with one attached hydrogen (secondary N) is 1. The lowest BCUT2D eigenvalue weighted by molar-refractivity contribution is -0.117. The molecule has 17 heavy (non-hydrogen) atoms. The molecule has 94 valence electrons. The first-order valence-corrected chi connectivity index (χ1v) is 5.93. The van der Waals surface area contributed by atoms with Crippen LogP contribution in [0.4, 0.5) is 14.5 Å². The van der Waals surface area contributed by atoms with Gasteiger partial charge in [0.25, 0.3) is 0 Å². The van der Waals surface area contributed by atoms with Gasteiger partial charge in [-0.15, -0.1) is 0 Å². The lowest BCUT2D eigenvalue weighted by atomic mass is 9.92. The van der Waals surface area contributed by atoms with Gasteiger partial charge in [-0.1, -0.05) is 20.8 Å². The first-order valence-electron chi connectivity index (χ1n) is 5.13. The molecule has 1 aromatic rings. The number of halogens is 3. The molecule has 0 aliphatic rings. The highest BCUT2D eigenvalue weighted by Gasteiger charge is 2.17. The highest BCUT2D eigenvalue weighted by molar-refractivity contribution is 9.10. The Morgan fingerprint density at radius 3 is 2.41 bits per heavy atom. The first-order chi connectivity index (χ1) is 7.69. The van der Waals surface area contributed by atoms with Crippen molar-refractivity contribution in [3.05, 3.63) is 28.2 Å². The fourth-order valence-corrected chi connectivity index (χ4v) is 1.64. The van der Waals surface area contributed by atoms with Crippen LogP contribution in [0.1, 0.15) is 27.2 Å². The monoisotopic (exact) mass is 305 g/mol. The average molecular weight is 306 g/mol. The van der Waals surface area contributed by atoms with Crippen molar-refractivity contribution in [1.29, 1.82) is 0 Å². The van der Waals surface area contributed by atoms with Gasteiger partial charge in [0.1, 0.15) is 11.6 Å². The molecule has 2 nitrogen and oxygen atoms in total. The summed E-state index contributed by atoms with van der Waals surface area (Å²) >= 11 is 2.94. The Labute approximate surface area is 108 Å². The Morgan fingerprint density at radius 2 is 1.88 bits per heavy atom. The summed E-state index contributed by atoms with van der Waals surface area (Å²) in [5, 5.41) is 2.42. The summed E-state index contributed by atoms with van der Waals surface area (Å²) in [5.41, 5.74) is -0.204. The van der Waals surface area contributed by atoms with Crippen LogP contribution < -0.4 is 5.32 Å². The van der Waals surface area contributed by atoms with Gasteiger partial charge in [-0.3, -0.25) is 4.79 Å². The third kappa shape index (κ3) is 4.42. The van der Waals surface area contributed by atoms with E-state index in [1.807, 2.05) is 20.8 Å². The average Bonchev–Trinajstić information content (AvgIpc) is 2.11. The van der Waals surface area contributed by atoms with Crippen LogP contribution in [0, 0.1) is 17.0 Å². The third-order valence-corrected chi connectivity index (χ3v) is 2.58. The Kier molecular flexibility index (Phi) is 4.25. The number of hydrogen-bond donors (Lipinski definition) is 1. The quantitative estimate of drug-likeness (QED) is 0.819. The molecular weight excluding hydrogens is 292 g/mol. The zero-order valence-corrected chi connectivity index (χ0v) is 11.5. The van der Waals surface area contributed by atoms with Crippen molar-refractivity contribution >= 4 is 27.5 Å². The van der Waals surface area contributed by atoms with Crippen LogP contribution in [-0.2, 0) is 4.79 Å². The smallest absolute Gasteiger partial charge is 0.224 e. The molecule has 0 fully saturated rings. The fourth-order valence-electron chi connectivity index (χ4n) is 1.29. The van der Waals surface area contributed by atoms with E-state index in [1.165, 1.54) is 6.07 Å². The summed E-state index contributed by atoms with van der Waals surface area (Å²) in [6.07, 6.45) is 0.265. The Hall–Kier alpha value is -0.970. The number of hydrogen-bond acceptors (Lipinski definition) is 1. The number of benzene rings is 1. The van der Waals surface area contributed by atoms with Crippen molar-refractivity contribution in [2.75, 3.05) is 5.32 Å². The standard InChI is InChI=1S/C12H14BrF2NO/c1-12(2,3)6-11(17)16-10-4-7(13)8(14)5-9(10)15/h4-5H,6H2,1-3H3,(H,16,17). The maximum atomic E-state index is 13.3. The lowest BCUT2D eigenvalue weighted by Gasteiger charge is -2.17. The number of carbonyl (C=O) groups is 1. The van der Waals surface area contributed by atoms with Crippen LogP contribution in [0.2, 0.25) is 0 Å². The molecule has 5 heteroatoms. The molecule has 0 heterocycles. The molecule has 1 N–H and O–H groups in total. The molecule has 0 bridgehead atoms. The van der Waals surface area contributed by atoms with Gasteiger partial charge in [0.15, 0.2) is 0 Å². The zero-order chi connectivity index (χ0) is 13.2. The van der Waals surface area contributed by atoms with Crippen LogP contribution in [0.3, 0.4) is 0 Å². The van der Waals surface area contributed by atoms with Crippen molar-refractivity contribution in [2.45, 2.75) is 27.2 Å². The van der Waals surface area contributed by atoms with Crippen LogP contribution in [0.25, 0.3) is 0 Å². The number of amides is 1. The zero-order valence-electron chi connectivity index (χ0n) is 9.90. The summed E-state index contributed by atoms with van der Waals surface area (Å²) in [7, 11) is 0. The van der Waals surface area contributed by atoms with Crippen LogP contribution in [-0.4, -0.2) is 5.91 Å². The molecule has 0 spiro atoms. The van der Waals surface area contributed by atoms with E-state index in [0.29, 0.717) is 0 Å². The van der Waals surface area contributed by atoms with E-state index in [0.717, 1.165) is 6.07 Å². The highest BCUT2D eigenvalue weighted by atomic mass is 79.9. The van der Waals surface area contributed by atoms with E-state index in [-0.39, 0.29) is 27.9 Å². The molecule has 0 saturated carbocycles. The van der Waals surface area contributed by atoms with E-state index in [4.69, 9.17) is 0 Å². The summed E-state index contributed by atoms with van der Waals surface area (Å²) in [6.45, 7) is 5.72. The van der Waals surface area contributed by atoms with Crippen molar-refractivity contribution < 1.29 is 13.6 Å². The van der Waals surface area contributed by atoms with E-state index in [2.05, 4.69) is 21.2 Å². The van der Waals surface area contributed by atoms with E-state index < -0.39 is 11.6 Å². The molecule has 0 saturated heterocycles. The van der Waals surface area contributed by atoms with Crippen LogP contribution in [0.5, 0.6) is 0 Å². The SMILES string of the molecule is CC(C)(C)CC(=O)Nc1cc(Br)c(F)cc1F. The summed E-state index contributed by atoms with van der Waals surface area (Å²) < 4.78 is 26.4. The van der Waals surface area contributed by atoms with Gasteiger partial charge in [-0.25, -0.2) is 8.78 Å². The third-order valence-electron chi connectivity index (χ3n) is 1.97. The Balaban J connectivity index is 2.82. The molecule has 0 aromatic heterocycles. The highest BCUT2D eigenvalue weighted by Crippen LogP contribution is 2.25. The second kappa shape index (κ2) is 5.12. The maximum absolute atomic E-state index is 13.3. The van der Waals surface area contributed by atoms with Crippen LogP contribution in [0.15, 0.2) is 16.6 Å². The van der Waals surface area contributed by atoms with Gasteiger partial charge in [-0.2, -0.15) is 0 Å². The summed E-state index contributed by atoms with van der Waals surface area (Å²) in [5.74, 6) is -1.78. The Bertz CT molecular complexity index is 441. The van der Waals surface area contributed by atoms with Gasteiger partial charge in [0.05, 0.1) is 10.2 Å². The van der Waals surface area contributed by atoms with Crippen molar-refractivity contribution in [3.8, 4) is 0 Å².